The molecule has 2 aromatic carbocycles. The zero-order chi connectivity index (χ0) is 18.1. The Kier molecular flexibility index (Phi) is 4.14. The van der Waals surface area contributed by atoms with Crippen LogP contribution in [0.2, 0.25) is 0 Å². The van der Waals surface area contributed by atoms with Crippen molar-refractivity contribution in [2.75, 3.05) is 12.1 Å². The van der Waals surface area contributed by atoms with Crippen LogP contribution in [0.3, 0.4) is 0 Å². The molecule has 4 rings (SSSR count). The number of nitrogens with zero attached hydrogens (tertiary/aromatic N) is 3. The number of hydrogen-bond acceptors (Lipinski definition) is 7. The smallest absolute Gasteiger partial charge is 0.378 e. The highest BCUT2D eigenvalue weighted by Gasteiger charge is 2.35. The molecule has 7 heteroatoms. The van der Waals surface area contributed by atoms with Crippen LogP contribution in [0.5, 0.6) is 5.75 Å². The lowest BCUT2D eigenvalue weighted by molar-refractivity contribution is -0.140. The average molecular weight is 350 g/mol. The predicted octanol–water partition coefficient (Wildman–Crippen LogP) is 3.60. The van der Waals surface area contributed by atoms with Crippen molar-refractivity contribution in [1.82, 2.24) is 5.59 Å². The third kappa shape index (κ3) is 2.93. The van der Waals surface area contributed by atoms with Gasteiger partial charge in [0, 0.05) is 6.42 Å². The quantitative estimate of drug-likeness (QED) is 0.856. The van der Waals surface area contributed by atoms with E-state index in [1.807, 2.05) is 55.5 Å². The van der Waals surface area contributed by atoms with Crippen molar-refractivity contribution < 1.29 is 14.4 Å². The normalized spacial score (nSPS) is 22.0. The van der Waals surface area contributed by atoms with Gasteiger partial charge in [-0.15, -0.1) is 0 Å². The number of carbonyl (C=O) groups excluding carboxylic acids is 1. The Balaban J connectivity index is 1.62. The molecule has 1 saturated heterocycles. The van der Waals surface area contributed by atoms with Crippen molar-refractivity contribution in [2.45, 2.75) is 19.4 Å². The lowest BCUT2D eigenvalue weighted by Gasteiger charge is -2.16. The summed E-state index contributed by atoms with van der Waals surface area (Å²) in [6.45, 7) is 2.04. The first-order valence-corrected chi connectivity index (χ1v) is 8.27. The van der Waals surface area contributed by atoms with Crippen molar-refractivity contribution in [3.63, 3.8) is 0 Å². The minimum atomic E-state index is -0.473. The number of anilines is 1. The predicted molar refractivity (Wildman–Crippen MR) is 95.1 cm³/mol. The van der Waals surface area contributed by atoms with Gasteiger partial charge in [-0.1, -0.05) is 35.4 Å². The number of aryl methyl sites for hydroxylation is 1. The molecule has 26 heavy (non-hydrogen) atoms. The fraction of sp³-hybridized carbons (Fsp3) is 0.211. The van der Waals surface area contributed by atoms with Gasteiger partial charge in [0.15, 0.2) is 5.70 Å². The standard InChI is InChI=1S/C19H18N4O3/c1-12-3-5-13(6-4-12)16-11-17(21-20-16)18-19(24)26-22-23(18)14-7-9-15(25-2)10-8-14/h3-10,16,22H,11H2,1-2H3. The number of hydrogen-bond donors (Lipinski definition) is 1. The summed E-state index contributed by atoms with van der Waals surface area (Å²) in [5.74, 6) is 0.258. The number of azo groups is 1. The van der Waals surface area contributed by atoms with Crippen LogP contribution >= 0.6 is 0 Å². The maximum atomic E-state index is 12.2. The van der Waals surface area contributed by atoms with Crippen LogP contribution in [0, 0.1) is 6.92 Å². The molecule has 0 saturated carbocycles. The van der Waals surface area contributed by atoms with Gasteiger partial charge in [-0.2, -0.15) is 10.2 Å². The Labute approximate surface area is 150 Å². The van der Waals surface area contributed by atoms with Gasteiger partial charge in [-0.3, -0.25) is 0 Å². The molecular weight excluding hydrogens is 332 g/mol. The summed E-state index contributed by atoms with van der Waals surface area (Å²) in [5, 5.41) is 10.2. The minimum absolute atomic E-state index is 0.0933. The first-order chi connectivity index (χ1) is 12.7. The minimum Gasteiger partial charge on any atom is -0.497 e. The van der Waals surface area contributed by atoms with Crippen LogP contribution < -0.4 is 15.3 Å². The van der Waals surface area contributed by atoms with Crippen molar-refractivity contribution >= 4 is 11.7 Å². The number of benzene rings is 2. The number of nitrogens with one attached hydrogen (secondary N) is 1. The monoisotopic (exact) mass is 350 g/mol. The largest absolute Gasteiger partial charge is 0.497 e. The number of hydrazine groups is 1. The fourth-order valence-electron chi connectivity index (χ4n) is 2.95. The highest BCUT2D eigenvalue weighted by atomic mass is 16.7. The van der Waals surface area contributed by atoms with E-state index in [2.05, 4.69) is 15.8 Å². The molecule has 2 aromatic rings. The molecule has 2 aliphatic heterocycles. The third-order valence-corrected chi connectivity index (χ3v) is 4.42. The van der Waals surface area contributed by atoms with Crippen LogP contribution in [-0.2, 0) is 9.63 Å². The van der Waals surface area contributed by atoms with Crippen LogP contribution in [-0.4, -0.2) is 13.1 Å². The van der Waals surface area contributed by atoms with Crippen molar-refractivity contribution in [3.8, 4) is 5.75 Å². The molecule has 132 valence electrons. The summed E-state index contributed by atoms with van der Waals surface area (Å²) >= 11 is 0. The summed E-state index contributed by atoms with van der Waals surface area (Å²) in [5.41, 5.74) is 6.60. The molecule has 2 aliphatic rings. The van der Waals surface area contributed by atoms with E-state index in [1.54, 1.807) is 12.1 Å². The summed E-state index contributed by atoms with van der Waals surface area (Å²) in [6, 6.07) is 15.4. The van der Waals surface area contributed by atoms with Gasteiger partial charge in [-0.05, 0) is 36.8 Å². The Morgan fingerprint density at radius 3 is 2.58 bits per heavy atom. The summed E-state index contributed by atoms with van der Waals surface area (Å²) in [7, 11) is 1.60. The highest BCUT2D eigenvalue weighted by molar-refractivity contribution is 5.95. The highest BCUT2D eigenvalue weighted by Crippen LogP contribution is 2.37. The maximum absolute atomic E-state index is 12.2. The second kappa shape index (κ2) is 6.61. The number of methoxy groups -OCH3 is 1. The lowest BCUT2D eigenvalue weighted by atomic mass is 10.0. The second-order valence-electron chi connectivity index (χ2n) is 6.16. The SMILES string of the molecule is COc1ccc(N2NOC(=O)C2=C2CC(c3ccc(C)cc3)N=N2)cc1. The summed E-state index contributed by atoms with van der Waals surface area (Å²) < 4.78 is 5.17. The molecular formula is C19H18N4O3. The first-order valence-electron chi connectivity index (χ1n) is 8.27. The first kappa shape index (κ1) is 16.3. The fourth-order valence-corrected chi connectivity index (χ4v) is 2.95. The Morgan fingerprint density at radius 1 is 1.15 bits per heavy atom. The van der Waals surface area contributed by atoms with Gasteiger partial charge in [-0.25, -0.2) is 9.80 Å². The van der Waals surface area contributed by atoms with E-state index >= 15 is 0 Å². The van der Waals surface area contributed by atoms with E-state index in [0.717, 1.165) is 17.0 Å². The van der Waals surface area contributed by atoms with E-state index in [1.165, 1.54) is 5.56 Å². The molecule has 7 nitrogen and oxygen atoms in total. The Hall–Kier alpha value is -3.19. The van der Waals surface area contributed by atoms with Gasteiger partial charge in [0.25, 0.3) is 0 Å². The Bertz CT molecular complexity index is 888. The molecule has 2 heterocycles. The number of ether oxygens (including phenoxy) is 1. The van der Waals surface area contributed by atoms with Gasteiger partial charge in [0.05, 0.1) is 18.5 Å². The molecule has 1 atom stereocenters. The van der Waals surface area contributed by atoms with Gasteiger partial charge in [0.2, 0.25) is 0 Å². The number of rotatable bonds is 3. The summed E-state index contributed by atoms with van der Waals surface area (Å²) in [6.07, 6.45) is 0.543. The van der Waals surface area contributed by atoms with E-state index in [0.29, 0.717) is 17.8 Å². The molecule has 0 aromatic heterocycles. The van der Waals surface area contributed by atoms with Crippen LogP contribution in [0.4, 0.5) is 5.69 Å². The maximum Gasteiger partial charge on any atom is 0.378 e. The zero-order valence-electron chi connectivity index (χ0n) is 14.5. The lowest BCUT2D eigenvalue weighted by Crippen LogP contribution is -2.29. The van der Waals surface area contributed by atoms with Crippen molar-refractivity contribution in [2.24, 2.45) is 10.2 Å². The van der Waals surface area contributed by atoms with Gasteiger partial charge < -0.3 is 9.57 Å². The van der Waals surface area contributed by atoms with Crippen molar-refractivity contribution in [1.29, 1.82) is 0 Å². The molecule has 0 radical (unpaired) electrons. The van der Waals surface area contributed by atoms with E-state index in [-0.39, 0.29) is 6.04 Å². The number of carbonyl (C=O) groups is 1. The van der Waals surface area contributed by atoms with E-state index < -0.39 is 5.97 Å². The molecule has 0 spiro atoms. The molecule has 1 unspecified atom stereocenters. The average Bonchev–Trinajstić information content (AvgIpc) is 3.29. The van der Waals surface area contributed by atoms with E-state index in [4.69, 9.17) is 9.57 Å². The summed E-state index contributed by atoms with van der Waals surface area (Å²) in [4.78, 5) is 17.2. The van der Waals surface area contributed by atoms with Crippen molar-refractivity contribution in [3.05, 3.63) is 71.1 Å². The second-order valence-corrected chi connectivity index (χ2v) is 6.16. The van der Waals surface area contributed by atoms with E-state index in [9.17, 15) is 4.79 Å². The Morgan fingerprint density at radius 2 is 1.88 bits per heavy atom. The van der Waals surface area contributed by atoms with Crippen LogP contribution in [0.15, 0.2) is 70.2 Å². The molecule has 0 amide bonds. The van der Waals surface area contributed by atoms with Crippen LogP contribution in [0.25, 0.3) is 0 Å². The topological polar surface area (TPSA) is 75.5 Å². The zero-order valence-corrected chi connectivity index (χ0v) is 14.5. The molecule has 1 fully saturated rings. The molecule has 0 bridgehead atoms. The van der Waals surface area contributed by atoms with Gasteiger partial charge in [0.1, 0.15) is 11.8 Å². The molecule has 1 N–H and O–H groups in total. The third-order valence-electron chi connectivity index (χ3n) is 4.42. The van der Waals surface area contributed by atoms with Gasteiger partial charge >= 0.3 is 5.97 Å². The van der Waals surface area contributed by atoms with Crippen LogP contribution in [0.1, 0.15) is 23.6 Å². The molecule has 0 aliphatic carbocycles.